The molecule has 0 saturated carbocycles. The molecule has 4 rings (SSSR count). The molecule has 0 N–H and O–H groups in total. The predicted molar refractivity (Wildman–Crippen MR) is 97.3 cm³/mol. The van der Waals surface area contributed by atoms with Gasteiger partial charge in [0, 0.05) is 10.9 Å². The Bertz CT molecular complexity index is 964. The fraction of sp³-hybridized carbons (Fsp3) is 0.176. The number of benzene rings is 1. The zero-order valence-corrected chi connectivity index (χ0v) is 15.4. The van der Waals surface area contributed by atoms with Crippen molar-refractivity contribution in [3.63, 3.8) is 0 Å². The van der Waals surface area contributed by atoms with E-state index in [1.807, 2.05) is 41.1 Å². The van der Waals surface area contributed by atoms with Crippen molar-refractivity contribution in [3.8, 4) is 17.1 Å². The number of ether oxygens (including phenoxy) is 1. The number of aromatic nitrogens is 4. The molecule has 0 aliphatic heterocycles. The highest BCUT2D eigenvalue weighted by Crippen LogP contribution is 2.24. The average Bonchev–Trinajstić information content (AvgIpc) is 3.42. The summed E-state index contributed by atoms with van der Waals surface area (Å²) in [7, 11) is 1.64. The van der Waals surface area contributed by atoms with Gasteiger partial charge in [0.2, 0.25) is 17.6 Å². The number of rotatable bonds is 7. The van der Waals surface area contributed by atoms with E-state index in [2.05, 4.69) is 20.3 Å². The second-order valence-corrected chi connectivity index (χ2v) is 7.01. The molecule has 0 saturated heterocycles. The Kier molecular flexibility index (Phi) is 4.98. The Labute approximate surface area is 157 Å². The highest BCUT2D eigenvalue weighted by molar-refractivity contribution is 7.98. The molecular formula is C17H14N4O3S2. The average molecular weight is 386 g/mol. The third-order valence-corrected chi connectivity index (χ3v) is 5.02. The first-order valence-corrected chi connectivity index (χ1v) is 9.66. The number of nitrogens with zero attached hydrogens (tertiary/aromatic N) is 4. The van der Waals surface area contributed by atoms with Gasteiger partial charge < -0.3 is 13.7 Å². The van der Waals surface area contributed by atoms with Crippen LogP contribution in [0, 0.1) is 0 Å². The summed E-state index contributed by atoms with van der Waals surface area (Å²) < 4.78 is 16.1. The number of methoxy groups -OCH3 is 1. The number of hydrogen-bond acceptors (Lipinski definition) is 9. The molecule has 0 bridgehead atoms. The van der Waals surface area contributed by atoms with Crippen LogP contribution in [-0.2, 0) is 12.2 Å². The van der Waals surface area contributed by atoms with Crippen LogP contribution >= 0.6 is 23.1 Å². The molecule has 3 heterocycles. The Morgan fingerprint density at radius 1 is 1.12 bits per heavy atom. The van der Waals surface area contributed by atoms with Crippen molar-refractivity contribution >= 4 is 23.1 Å². The fourth-order valence-corrected chi connectivity index (χ4v) is 3.48. The number of thioether (sulfide) groups is 1. The number of thiophene rings is 1. The van der Waals surface area contributed by atoms with Crippen molar-refractivity contribution in [2.75, 3.05) is 7.11 Å². The molecule has 0 radical (unpaired) electrons. The molecule has 3 aromatic heterocycles. The van der Waals surface area contributed by atoms with E-state index in [4.69, 9.17) is 13.7 Å². The zero-order chi connectivity index (χ0) is 17.8. The summed E-state index contributed by atoms with van der Waals surface area (Å²) in [5.74, 6) is 2.96. The normalized spacial score (nSPS) is 11.0. The minimum atomic E-state index is 0.474. The molecular weight excluding hydrogens is 372 g/mol. The third-order valence-electron chi connectivity index (χ3n) is 3.53. The van der Waals surface area contributed by atoms with E-state index in [0.29, 0.717) is 35.0 Å². The van der Waals surface area contributed by atoms with Crippen molar-refractivity contribution in [3.05, 3.63) is 58.4 Å². The van der Waals surface area contributed by atoms with Crippen LogP contribution in [0.1, 0.15) is 17.3 Å². The lowest BCUT2D eigenvalue weighted by Crippen LogP contribution is -1.89. The Morgan fingerprint density at radius 2 is 2.00 bits per heavy atom. The van der Waals surface area contributed by atoms with E-state index >= 15 is 0 Å². The molecule has 0 amide bonds. The maximum Gasteiger partial charge on any atom is 0.277 e. The lowest BCUT2D eigenvalue weighted by atomic mass is 10.1. The highest BCUT2D eigenvalue weighted by atomic mass is 32.2. The van der Waals surface area contributed by atoms with Crippen molar-refractivity contribution in [2.45, 2.75) is 17.4 Å². The molecule has 9 heteroatoms. The molecule has 0 unspecified atom stereocenters. The maximum absolute atomic E-state index is 5.67. The molecule has 0 aliphatic rings. The molecule has 0 fully saturated rings. The summed E-state index contributed by atoms with van der Waals surface area (Å²) in [6.07, 6.45) is 0.570. The van der Waals surface area contributed by atoms with Crippen LogP contribution in [0.5, 0.6) is 5.75 Å². The third kappa shape index (κ3) is 3.94. The lowest BCUT2D eigenvalue weighted by Gasteiger charge is -2.00. The topological polar surface area (TPSA) is 87.1 Å². The van der Waals surface area contributed by atoms with Crippen LogP contribution in [0.2, 0.25) is 0 Å². The van der Waals surface area contributed by atoms with E-state index in [9.17, 15) is 0 Å². The van der Waals surface area contributed by atoms with Gasteiger partial charge in [0.1, 0.15) is 5.75 Å². The van der Waals surface area contributed by atoms with E-state index in [1.54, 1.807) is 18.4 Å². The van der Waals surface area contributed by atoms with E-state index in [-0.39, 0.29) is 0 Å². The molecule has 0 aliphatic carbocycles. The van der Waals surface area contributed by atoms with Crippen molar-refractivity contribution in [1.29, 1.82) is 0 Å². The molecule has 132 valence electrons. The van der Waals surface area contributed by atoms with Gasteiger partial charge in [-0.15, -0.1) is 10.2 Å². The summed E-state index contributed by atoms with van der Waals surface area (Å²) in [5.41, 5.74) is 2.03. The Hall–Kier alpha value is -2.65. The van der Waals surface area contributed by atoms with Crippen molar-refractivity contribution in [2.24, 2.45) is 0 Å². The van der Waals surface area contributed by atoms with Gasteiger partial charge in [0.05, 0.1) is 19.3 Å². The van der Waals surface area contributed by atoms with Gasteiger partial charge in [-0.1, -0.05) is 29.1 Å². The lowest BCUT2D eigenvalue weighted by molar-refractivity contribution is 0.389. The van der Waals surface area contributed by atoms with Gasteiger partial charge in [0.25, 0.3) is 5.22 Å². The fourth-order valence-electron chi connectivity index (χ4n) is 2.23. The minimum absolute atomic E-state index is 0.474. The zero-order valence-electron chi connectivity index (χ0n) is 13.8. The summed E-state index contributed by atoms with van der Waals surface area (Å²) in [5, 5.41) is 16.5. The first-order chi connectivity index (χ1) is 12.8. The van der Waals surface area contributed by atoms with E-state index < -0.39 is 0 Å². The Balaban J connectivity index is 1.34. The summed E-state index contributed by atoms with van der Waals surface area (Å²) in [6.45, 7) is 0. The smallest absolute Gasteiger partial charge is 0.277 e. The van der Waals surface area contributed by atoms with Crippen LogP contribution in [0.15, 0.2) is 55.3 Å². The van der Waals surface area contributed by atoms with Crippen LogP contribution in [0.25, 0.3) is 11.4 Å². The van der Waals surface area contributed by atoms with Crippen LogP contribution in [0.3, 0.4) is 0 Å². The van der Waals surface area contributed by atoms with Crippen LogP contribution in [-0.4, -0.2) is 27.4 Å². The quantitative estimate of drug-likeness (QED) is 0.439. The van der Waals surface area contributed by atoms with E-state index in [0.717, 1.165) is 16.9 Å². The van der Waals surface area contributed by atoms with Gasteiger partial charge in [-0.25, -0.2) is 0 Å². The molecule has 7 nitrogen and oxygen atoms in total. The van der Waals surface area contributed by atoms with Gasteiger partial charge in [-0.3, -0.25) is 0 Å². The maximum atomic E-state index is 5.67. The van der Waals surface area contributed by atoms with Crippen LogP contribution in [0.4, 0.5) is 0 Å². The van der Waals surface area contributed by atoms with Gasteiger partial charge >= 0.3 is 0 Å². The molecule has 26 heavy (non-hydrogen) atoms. The molecule has 0 atom stereocenters. The summed E-state index contributed by atoms with van der Waals surface area (Å²) in [4.78, 5) is 4.36. The van der Waals surface area contributed by atoms with Crippen molar-refractivity contribution < 1.29 is 13.7 Å². The van der Waals surface area contributed by atoms with Crippen molar-refractivity contribution in [1.82, 2.24) is 20.3 Å². The Morgan fingerprint density at radius 3 is 2.77 bits per heavy atom. The molecule has 1 aromatic carbocycles. The molecule has 0 spiro atoms. The monoisotopic (exact) mass is 386 g/mol. The summed E-state index contributed by atoms with van der Waals surface area (Å²) in [6, 6.07) is 9.71. The number of hydrogen-bond donors (Lipinski definition) is 0. The van der Waals surface area contributed by atoms with Crippen LogP contribution < -0.4 is 4.74 Å². The van der Waals surface area contributed by atoms with Gasteiger partial charge in [-0.05, 0) is 29.1 Å². The van der Waals surface area contributed by atoms with Gasteiger partial charge in [0.15, 0.2) is 0 Å². The first-order valence-electron chi connectivity index (χ1n) is 7.73. The second kappa shape index (κ2) is 7.71. The standard InChI is InChI=1S/C17H14N4O3S2/c1-22-13-4-2-11(3-5-13)8-14-19-20-17(23-14)26-10-15-18-16(21-24-15)12-6-7-25-9-12/h2-7,9H,8,10H2,1H3. The molecule has 4 aromatic rings. The SMILES string of the molecule is COc1ccc(Cc2nnc(SCc3nc(-c4ccsc4)no3)o2)cc1. The highest BCUT2D eigenvalue weighted by Gasteiger charge is 2.12. The van der Waals surface area contributed by atoms with Gasteiger partial charge in [-0.2, -0.15) is 16.3 Å². The minimum Gasteiger partial charge on any atom is -0.497 e. The van der Waals surface area contributed by atoms with E-state index in [1.165, 1.54) is 11.8 Å². The summed E-state index contributed by atoms with van der Waals surface area (Å²) >= 11 is 2.96. The predicted octanol–water partition coefficient (Wildman–Crippen LogP) is 4.07. The largest absolute Gasteiger partial charge is 0.497 e. The first kappa shape index (κ1) is 16.8. The second-order valence-electron chi connectivity index (χ2n) is 5.30.